The SMILES string of the molecule is Cc1cccc(C(=O)N/C(=C\c2cccs2)C(=O)N[C@H]2CC(C)(C)Oc3ccccc32)c1. The average Bonchev–Trinajstić information content (AvgIpc) is 3.25. The molecule has 1 aliphatic rings. The predicted octanol–water partition coefficient (Wildman–Crippen LogP) is 5.25. The standard InChI is InChI=1S/C26H26N2O3S/c1-17-8-6-9-18(14-17)24(29)27-21(15-19-10-7-13-32-19)25(30)28-22-16-26(2,3)31-23-12-5-4-11-20(22)23/h4-15,22H,16H2,1-3H3,(H,27,29)(H,28,30)/b21-15-/t22-/m0/s1. The van der Waals surface area contributed by atoms with Crippen molar-refractivity contribution in [2.45, 2.75) is 38.8 Å². The fraction of sp³-hybridized carbons (Fsp3) is 0.231. The first-order chi connectivity index (χ1) is 15.3. The van der Waals surface area contributed by atoms with Crippen molar-refractivity contribution < 1.29 is 14.3 Å². The molecule has 2 N–H and O–H groups in total. The number of hydrogen-bond acceptors (Lipinski definition) is 4. The summed E-state index contributed by atoms with van der Waals surface area (Å²) < 4.78 is 6.08. The molecule has 164 valence electrons. The summed E-state index contributed by atoms with van der Waals surface area (Å²) in [5, 5.41) is 7.86. The van der Waals surface area contributed by atoms with Crippen molar-refractivity contribution in [1.82, 2.24) is 10.6 Å². The number of fused-ring (bicyclic) bond motifs is 1. The average molecular weight is 447 g/mol. The van der Waals surface area contributed by atoms with Gasteiger partial charge in [-0.15, -0.1) is 11.3 Å². The zero-order valence-corrected chi connectivity index (χ0v) is 19.2. The highest BCUT2D eigenvalue weighted by molar-refractivity contribution is 7.10. The number of rotatable bonds is 5. The Hall–Kier alpha value is -3.38. The van der Waals surface area contributed by atoms with Gasteiger partial charge < -0.3 is 15.4 Å². The number of benzene rings is 2. The van der Waals surface area contributed by atoms with Crippen LogP contribution in [0.4, 0.5) is 0 Å². The first-order valence-electron chi connectivity index (χ1n) is 10.5. The third-order valence-corrected chi connectivity index (χ3v) is 6.10. The molecule has 2 heterocycles. The number of nitrogens with one attached hydrogen (secondary N) is 2. The molecule has 0 spiro atoms. The lowest BCUT2D eigenvalue weighted by atomic mass is 9.89. The summed E-state index contributed by atoms with van der Waals surface area (Å²) in [6.07, 6.45) is 2.33. The molecule has 5 nitrogen and oxygen atoms in total. The van der Waals surface area contributed by atoms with E-state index in [1.54, 1.807) is 18.2 Å². The number of hydrogen-bond donors (Lipinski definition) is 2. The molecule has 6 heteroatoms. The Balaban J connectivity index is 1.61. The molecular weight excluding hydrogens is 420 g/mol. The lowest BCUT2D eigenvalue weighted by Crippen LogP contribution is -2.43. The number of ether oxygens (including phenoxy) is 1. The number of amides is 2. The van der Waals surface area contributed by atoms with Gasteiger partial charge in [-0.2, -0.15) is 0 Å². The monoisotopic (exact) mass is 446 g/mol. The molecule has 1 aliphatic heterocycles. The number of thiophene rings is 1. The second-order valence-corrected chi connectivity index (χ2v) is 9.51. The molecule has 3 aromatic rings. The zero-order valence-electron chi connectivity index (χ0n) is 18.3. The number of carbonyl (C=O) groups is 2. The maximum atomic E-state index is 13.4. The molecule has 4 rings (SSSR count). The van der Waals surface area contributed by atoms with E-state index >= 15 is 0 Å². The molecule has 32 heavy (non-hydrogen) atoms. The van der Waals surface area contributed by atoms with Crippen LogP contribution in [0.3, 0.4) is 0 Å². The van der Waals surface area contributed by atoms with Crippen LogP contribution in [0.2, 0.25) is 0 Å². The van der Waals surface area contributed by atoms with Crippen molar-refractivity contribution in [2.75, 3.05) is 0 Å². The summed E-state index contributed by atoms with van der Waals surface area (Å²) in [5.41, 5.74) is 2.20. The summed E-state index contributed by atoms with van der Waals surface area (Å²) >= 11 is 1.50. The lowest BCUT2D eigenvalue weighted by molar-refractivity contribution is -0.119. The van der Waals surface area contributed by atoms with E-state index in [-0.39, 0.29) is 23.6 Å². The Morgan fingerprint density at radius 2 is 1.91 bits per heavy atom. The van der Waals surface area contributed by atoms with Crippen LogP contribution in [-0.2, 0) is 4.79 Å². The van der Waals surface area contributed by atoms with Crippen LogP contribution in [0.5, 0.6) is 5.75 Å². The van der Waals surface area contributed by atoms with E-state index < -0.39 is 5.60 Å². The highest BCUT2D eigenvalue weighted by atomic mass is 32.1. The molecule has 0 unspecified atom stereocenters. The van der Waals surface area contributed by atoms with Gasteiger partial charge >= 0.3 is 0 Å². The van der Waals surface area contributed by atoms with Gasteiger partial charge in [0.15, 0.2) is 0 Å². The fourth-order valence-electron chi connectivity index (χ4n) is 3.82. The van der Waals surface area contributed by atoms with Gasteiger partial charge in [-0.05, 0) is 56.5 Å². The highest BCUT2D eigenvalue weighted by Crippen LogP contribution is 2.39. The van der Waals surface area contributed by atoms with E-state index in [1.807, 2.05) is 74.7 Å². The van der Waals surface area contributed by atoms with Gasteiger partial charge in [0.05, 0.1) is 6.04 Å². The lowest BCUT2D eigenvalue weighted by Gasteiger charge is -2.38. The molecule has 2 aromatic carbocycles. The van der Waals surface area contributed by atoms with Crippen molar-refractivity contribution >= 4 is 29.2 Å². The molecule has 0 radical (unpaired) electrons. The molecular formula is C26H26N2O3S. The Morgan fingerprint density at radius 3 is 2.66 bits per heavy atom. The molecule has 0 aliphatic carbocycles. The maximum absolute atomic E-state index is 13.4. The highest BCUT2D eigenvalue weighted by Gasteiger charge is 2.34. The van der Waals surface area contributed by atoms with Crippen LogP contribution in [-0.4, -0.2) is 17.4 Å². The van der Waals surface area contributed by atoms with E-state index in [0.29, 0.717) is 12.0 Å². The quantitative estimate of drug-likeness (QED) is 0.526. The van der Waals surface area contributed by atoms with E-state index in [2.05, 4.69) is 10.6 Å². The molecule has 2 amide bonds. The number of aryl methyl sites for hydroxylation is 1. The van der Waals surface area contributed by atoms with Crippen molar-refractivity contribution in [3.05, 3.63) is 93.3 Å². The molecule has 0 saturated carbocycles. The Morgan fingerprint density at radius 1 is 1.09 bits per heavy atom. The van der Waals surface area contributed by atoms with Gasteiger partial charge in [0.25, 0.3) is 11.8 Å². The summed E-state index contributed by atoms with van der Waals surface area (Å²) in [7, 11) is 0. The minimum atomic E-state index is -0.422. The maximum Gasteiger partial charge on any atom is 0.268 e. The summed E-state index contributed by atoms with van der Waals surface area (Å²) in [4.78, 5) is 27.1. The van der Waals surface area contributed by atoms with Gasteiger partial charge in [-0.1, -0.05) is 42.0 Å². The zero-order chi connectivity index (χ0) is 22.7. The molecule has 0 bridgehead atoms. The fourth-order valence-corrected chi connectivity index (χ4v) is 4.48. The smallest absolute Gasteiger partial charge is 0.268 e. The van der Waals surface area contributed by atoms with Crippen LogP contribution in [0.1, 0.15) is 52.7 Å². The van der Waals surface area contributed by atoms with Gasteiger partial charge in [0.2, 0.25) is 0 Å². The summed E-state index contributed by atoms with van der Waals surface area (Å²) in [5.74, 6) is 0.109. The second-order valence-electron chi connectivity index (χ2n) is 8.53. The Bertz CT molecular complexity index is 1170. The predicted molar refractivity (Wildman–Crippen MR) is 128 cm³/mol. The number of para-hydroxylation sites is 1. The Labute approximate surface area is 192 Å². The minimum Gasteiger partial charge on any atom is -0.487 e. The van der Waals surface area contributed by atoms with Crippen LogP contribution in [0.25, 0.3) is 6.08 Å². The van der Waals surface area contributed by atoms with Crippen LogP contribution < -0.4 is 15.4 Å². The summed E-state index contributed by atoms with van der Waals surface area (Å²) in [6, 6.07) is 18.6. The van der Waals surface area contributed by atoms with E-state index in [1.165, 1.54) is 11.3 Å². The van der Waals surface area contributed by atoms with Crippen molar-refractivity contribution in [3.8, 4) is 5.75 Å². The topological polar surface area (TPSA) is 67.4 Å². The van der Waals surface area contributed by atoms with Gasteiger partial charge in [-0.3, -0.25) is 9.59 Å². The molecule has 0 saturated heterocycles. The minimum absolute atomic E-state index is 0.209. The molecule has 1 atom stereocenters. The van der Waals surface area contributed by atoms with E-state index in [4.69, 9.17) is 4.74 Å². The van der Waals surface area contributed by atoms with E-state index in [9.17, 15) is 9.59 Å². The first kappa shape index (κ1) is 21.8. The van der Waals surface area contributed by atoms with Crippen LogP contribution in [0.15, 0.2) is 71.7 Å². The number of carbonyl (C=O) groups excluding carboxylic acids is 2. The van der Waals surface area contributed by atoms with E-state index in [0.717, 1.165) is 21.8 Å². The van der Waals surface area contributed by atoms with Gasteiger partial charge in [-0.25, -0.2) is 0 Å². The van der Waals surface area contributed by atoms with Crippen molar-refractivity contribution in [2.24, 2.45) is 0 Å². The van der Waals surface area contributed by atoms with Crippen molar-refractivity contribution in [1.29, 1.82) is 0 Å². The molecule has 1 aromatic heterocycles. The van der Waals surface area contributed by atoms with Crippen LogP contribution >= 0.6 is 11.3 Å². The normalized spacial score (nSPS) is 17.1. The Kier molecular flexibility index (Phi) is 6.15. The summed E-state index contributed by atoms with van der Waals surface area (Å²) in [6.45, 7) is 5.93. The van der Waals surface area contributed by atoms with Crippen LogP contribution in [0, 0.1) is 6.92 Å². The van der Waals surface area contributed by atoms with Gasteiger partial charge in [0, 0.05) is 22.4 Å². The third kappa shape index (κ3) is 5.08. The first-order valence-corrected chi connectivity index (χ1v) is 11.4. The second kappa shape index (κ2) is 9.01. The largest absolute Gasteiger partial charge is 0.487 e. The third-order valence-electron chi connectivity index (χ3n) is 5.28. The van der Waals surface area contributed by atoms with Crippen molar-refractivity contribution in [3.63, 3.8) is 0 Å². The van der Waals surface area contributed by atoms with Gasteiger partial charge in [0.1, 0.15) is 17.0 Å². The molecule has 0 fully saturated rings.